The molecule has 112 valence electrons. The molecule has 0 spiro atoms. The first-order chi connectivity index (χ1) is 10.2. The van der Waals surface area contributed by atoms with Gasteiger partial charge < -0.3 is 10.0 Å². The zero-order chi connectivity index (χ0) is 14.8. The van der Waals surface area contributed by atoms with Crippen LogP contribution in [-0.2, 0) is 11.2 Å². The third-order valence-electron chi connectivity index (χ3n) is 4.38. The van der Waals surface area contributed by atoms with Crippen molar-refractivity contribution in [1.29, 1.82) is 0 Å². The number of carbonyl (C=O) groups excluding carboxylic acids is 1. The van der Waals surface area contributed by atoms with Gasteiger partial charge in [-0.05, 0) is 37.3 Å². The lowest BCUT2D eigenvalue weighted by Gasteiger charge is -2.37. The van der Waals surface area contributed by atoms with E-state index < -0.39 is 11.9 Å². The van der Waals surface area contributed by atoms with E-state index in [0.29, 0.717) is 26.1 Å². The average molecular weight is 288 g/mol. The van der Waals surface area contributed by atoms with E-state index in [-0.39, 0.29) is 6.03 Å². The lowest BCUT2D eigenvalue weighted by atomic mass is 9.98. The highest BCUT2D eigenvalue weighted by molar-refractivity contribution is 5.93. The monoisotopic (exact) mass is 288 g/mol. The molecule has 5 heteroatoms. The second-order valence-corrected chi connectivity index (χ2v) is 5.79. The molecule has 1 fully saturated rings. The summed E-state index contributed by atoms with van der Waals surface area (Å²) in [6, 6.07) is 7.93. The zero-order valence-electron chi connectivity index (χ0n) is 12.0. The van der Waals surface area contributed by atoms with Crippen molar-refractivity contribution in [1.82, 2.24) is 4.90 Å². The van der Waals surface area contributed by atoms with Crippen LogP contribution in [0.5, 0.6) is 0 Å². The summed E-state index contributed by atoms with van der Waals surface area (Å²) in [6.07, 6.45) is 3.38. The molecular weight excluding hydrogens is 268 g/mol. The normalized spacial score (nSPS) is 21.8. The van der Waals surface area contributed by atoms with Gasteiger partial charge in [0, 0.05) is 25.3 Å². The summed E-state index contributed by atoms with van der Waals surface area (Å²) in [7, 11) is 0. The lowest BCUT2D eigenvalue weighted by Crippen LogP contribution is -2.50. The summed E-state index contributed by atoms with van der Waals surface area (Å²) in [5.41, 5.74) is 2.18. The van der Waals surface area contributed by atoms with Crippen molar-refractivity contribution >= 4 is 17.7 Å². The van der Waals surface area contributed by atoms with Gasteiger partial charge in [-0.15, -0.1) is 0 Å². The molecule has 1 aromatic carbocycles. The highest BCUT2D eigenvalue weighted by Gasteiger charge is 2.32. The molecule has 21 heavy (non-hydrogen) atoms. The quantitative estimate of drug-likeness (QED) is 0.863. The van der Waals surface area contributed by atoms with E-state index in [1.54, 1.807) is 4.90 Å². The standard InChI is InChI=1S/C16H20N2O3/c19-15(20)13-7-3-9-17(11-13)16(21)18-10-4-6-12-5-1-2-8-14(12)18/h1-2,5,8,13H,3-4,6-7,9-11H2,(H,19,20)/t13-/m1/s1. The summed E-state index contributed by atoms with van der Waals surface area (Å²) in [5, 5.41) is 9.15. The molecule has 0 saturated carbocycles. The van der Waals surface area contributed by atoms with E-state index in [0.717, 1.165) is 24.9 Å². The fourth-order valence-electron chi connectivity index (χ4n) is 3.26. The van der Waals surface area contributed by atoms with E-state index in [2.05, 4.69) is 6.07 Å². The topological polar surface area (TPSA) is 60.9 Å². The first-order valence-electron chi connectivity index (χ1n) is 7.54. The van der Waals surface area contributed by atoms with Crippen LogP contribution in [-0.4, -0.2) is 41.6 Å². The van der Waals surface area contributed by atoms with E-state index in [9.17, 15) is 9.59 Å². The molecule has 3 rings (SSSR count). The lowest BCUT2D eigenvalue weighted by molar-refractivity contribution is -0.143. The number of carboxylic acids is 1. The summed E-state index contributed by atoms with van der Waals surface area (Å²) < 4.78 is 0. The summed E-state index contributed by atoms with van der Waals surface area (Å²) >= 11 is 0. The second-order valence-electron chi connectivity index (χ2n) is 5.79. The Labute approximate surface area is 124 Å². The molecule has 0 radical (unpaired) electrons. The number of nitrogens with zero attached hydrogens (tertiary/aromatic N) is 2. The molecule has 2 aliphatic heterocycles. The second kappa shape index (κ2) is 5.76. The Morgan fingerprint density at radius 3 is 2.76 bits per heavy atom. The molecule has 0 aliphatic carbocycles. The van der Waals surface area contributed by atoms with Gasteiger partial charge in [0.2, 0.25) is 0 Å². The van der Waals surface area contributed by atoms with Gasteiger partial charge in [-0.1, -0.05) is 18.2 Å². The average Bonchev–Trinajstić information content (AvgIpc) is 2.53. The zero-order valence-corrected chi connectivity index (χ0v) is 12.0. The minimum atomic E-state index is -0.799. The Morgan fingerprint density at radius 1 is 1.14 bits per heavy atom. The SMILES string of the molecule is O=C(O)[C@@H]1CCCN(C(=O)N2CCCc3ccccc32)C1. The number of para-hydroxylation sites is 1. The maximum Gasteiger partial charge on any atom is 0.324 e. The largest absolute Gasteiger partial charge is 0.481 e. The molecule has 0 aromatic heterocycles. The van der Waals surface area contributed by atoms with Crippen LogP contribution in [0.4, 0.5) is 10.5 Å². The summed E-state index contributed by atoms with van der Waals surface area (Å²) in [4.78, 5) is 27.4. The van der Waals surface area contributed by atoms with Gasteiger partial charge in [0.1, 0.15) is 0 Å². The Balaban J connectivity index is 1.78. The van der Waals surface area contributed by atoms with Crippen molar-refractivity contribution in [2.75, 3.05) is 24.5 Å². The number of carboxylic acid groups (broad SMARTS) is 1. The van der Waals surface area contributed by atoms with Gasteiger partial charge in [0.15, 0.2) is 0 Å². The molecule has 2 amide bonds. The van der Waals surface area contributed by atoms with Crippen molar-refractivity contribution in [3.8, 4) is 0 Å². The number of piperidine rings is 1. The molecule has 1 N–H and O–H groups in total. The van der Waals surface area contributed by atoms with Crippen LogP contribution in [0.2, 0.25) is 0 Å². The van der Waals surface area contributed by atoms with Gasteiger partial charge in [0.25, 0.3) is 0 Å². The highest BCUT2D eigenvalue weighted by atomic mass is 16.4. The van der Waals surface area contributed by atoms with Crippen molar-refractivity contribution in [3.63, 3.8) is 0 Å². The van der Waals surface area contributed by atoms with Crippen molar-refractivity contribution in [2.24, 2.45) is 5.92 Å². The van der Waals surface area contributed by atoms with Crippen LogP contribution in [0.3, 0.4) is 0 Å². The van der Waals surface area contributed by atoms with E-state index >= 15 is 0 Å². The molecule has 1 saturated heterocycles. The number of aryl methyl sites for hydroxylation is 1. The minimum Gasteiger partial charge on any atom is -0.481 e. The number of anilines is 1. The third-order valence-corrected chi connectivity index (χ3v) is 4.38. The summed E-state index contributed by atoms with van der Waals surface area (Å²) in [6.45, 7) is 1.69. The summed E-state index contributed by atoms with van der Waals surface area (Å²) in [5.74, 6) is -1.23. The minimum absolute atomic E-state index is 0.0481. The predicted octanol–water partition coefficient (Wildman–Crippen LogP) is 2.36. The van der Waals surface area contributed by atoms with Gasteiger partial charge in [0.05, 0.1) is 5.92 Å². The highest BCUT2D eigenvalue weighted by Crippen LogP contribution is 2.28. The van der Waals surface area contributed by atoms with Crippen LogP contribution in [0, 0.1) is 5.92 Å². The van der Waals surface area contributed by atoms with Crippen LogP contribution < -0.4 is 4.90 Å². The van der Waals surface area contributed by atoms with Gasteiger partial charge in [-0.2, -0.15) is 0 Å². The Hall–Kier alpha value is -2.04. The smallest absolute Gasteiger partial charge is 0.324 e. The number of amides is 2. The predicted molar refractivity (Wildman–Crippen MR) is 79.4 cm³/mol. The van der Waals surface area contributed by atoms with E-state index in [4.69, 9.17) is 5.11 Å². The maximum atomic E-state index is 12.7. The molecule has 1 atom stereocenters. The van der Waals surface area contributed by atoms with Crippen molar-refractivity contribution < 1.29 is 14.7 Å². The Kier molecular flexibility index (Phi) is 3.82. The molecule has 2 aliphatic rings. The fraction of sp³-hybridized carbons (Fsp3) is 0.500. The third kappa shape index (κ3) is 2.73. The molecular formula is C16H20N2O3. The van der Waals surface area contributed by atoms with E-state index in [1.165, 1.54) is 5.56 Å². The Morgan fingerprint density at radius 2 is 1.95 bits per heavy atom. The number of benzene rings is 1. The van der Waals surface area contributed by atoms with Gasteiger partial charge >= 0.3 is 12.0 Å². The van der Waals surface area contributed by atoms with Crippen molar-refractivity contribution in [2.45, 2.75) is 25.7 Å². The number of fused-ring (bicyclic) bond motifs is 1. The molecule has 0 unspecified atom stereocenters. The maximum absolute atomic E-state index is 12.7. The van der Waals surface area contributed by atoms with Gasteiger partial charge in [-0.3, -0.25) is 9.69 Å². The number of hydrogen-bond acceptors (Lipinski definition) is 2. The number of likely N-dealkylation sites (tertiary alicyclic amines) is 1. The molecule has 2 heterocycles. The number of hydrogen-bond donors (Lipinski definition) is 1. The number of urea groups is 1. The number of carbonyl (C=O) groups is 2. The molecule has 5 nitrogen and oxygen atoms in total. The van der Waals surface area contributed by atoms with Gasteiger partial charge in [-0.25, -0.2) is 4.79 Å². The van der Waals surface area contributed by atoms with Crippen LogP contribution in [0.1, 0.15) is 24.8 Å². The molecule has 0 bridgehead atoms. The van der Waals surface area contributed by atoms with E-state index in [1.807, 2.05) is 23.1 Å². The molecule has 1 aromatic rings. The fourth-order valence-corrected chi connectivity index (χ4v) is 3.26. The van der Waals surface area contributed by atoms with Crippen LogP contribution in [0.25, 0.3) is 0 Å². The number of rotatable bonds is 1. The van der Waals surface area contributed by atoms with Crippen molar-refractivity contribution in [3.05, 3.63) is 29.8 Å². The first kappa shape index (κ1) is 13.9. The Bertz CT molecular complexity index is 558. The first-order valence-corrected chi connectivity index (χ1v) is 7.54. The van der Waals surface area contributed by atoms with Crippen LogP contribution >= 0.6 is 0 Å². The number of aliphatic carboxylic acids is 1. The van der Waals surface area contributed by atoms with Crippen LogP contribution in [0.15, 0.2) is 24.3 Å².